The van der Waals surface area contributed by atoms with Crippen molar-refractivity contribution in [1.82, 2.24) is 14.8 Å². The standard InChI is InChI=1S/C23H25N5O4/c1-5-32-17-9-7-6-8-16(17)27-22(29)20-14(2)26-23-24-13-25-28(23)21(20)15-10-11-18(30-3)19(12-15)31-4/h6-13,21H,5H2,1-4H3,(H,27,29)(H,24,25,26)/t21-/m1/s1. The third-order valence-electron chi connectivity index (χ3n) is 5.20. The van der Waals surface area contributed by atoms with E-state index in [2.05, 4.69) is 20.7 Å². The average Bonchev–Trinajstić information content (AvgIpc) is 3.27. The molecule has 166 valence electrons. The van der Waals surface area contributed by atoms with E-state index in [0.29, 0.717) is 46.8 Å². The molecule has 0 radical (unpaired) electrons. The van der Waals surface area contributed by atoms with E-state index in [1.54, 1.807) is 25.0 Å². The topological polar surface area (TPSA) is 99.5 Å². The van der Waals surface area contributed by atoms with Gasteiger partial charge in [-0.15, -0.1) is 0 Å². The second-order valence-electron chi connectivity index (χ2n) is 7.09. The zero-order chi connectivity index (χ0) is 22.7. The summed E-state index contributed by atoms with van der Waals surface area (Å²) in [5.74, 6) is 2.04. The molecule has 9 nitrogen and oxygen atoms in total. The van der Waals surface area contributed by atoms with Gasteiger partial charge in [0.1, 0.15) is 18.1 Å². The molecule has 1 atom stereocenters. The maximum absolute atomic E-state index is 13.5. The van der Waals surface area contributed by atoms with E-state index in [-0.39, 0.29) is 5.91 Å². The molecule has 0 saturated carbocycles. The summed E-state index contributed by atoms with van der Waals surface area (Å²) in [6, 6.07) is 12.4. The predicted molar refractivity (Wildman–Crippen MR) is 120 cm³/mol. The molecule has 1 aliphatic heterocycles. The summed E-state index contributed by atoms with van der Waals surface area (Å²) in [5, 5.41) is 10.5. The number of ether oxygens (including phenoxy) is 3. The minimum atomic E-state index is -0.521. The van der Waals surface area contributed by atoms with Crippen LogP contribution in [0.3, 0.4) is 0 Å². The molecule has 2 N–H and O–H groups in total. The first-order valence-electron chi connectivity index (χ1n) is 10.2. The van der Waals surface area contributed by atoms with Gasteiger partial charge in [0.25, 0.3) is 5.91 Å². The smallest absolute Gasteiger partial charge is 0.255 e. The van der Waals surface area contributed by atoms with E-state index < -0.39 is 6.04 Å². The number of benzene rings is 2. The molecule has 2 aromatic carbocycles. The van der Waals surface area contributed by atoms with Crippen molar-refractivity contribution >= 4 is 17.5 Å². The van der Waals surface area contributed by atoms with Crippen LogP contribution in [0, 0.1) is 0 Å². The third kappa shape index (κ3) is 3.84. The van der Waals surface area contributed by atoms with Gasteiger partial charge in [-0.05, 0) is 43.7 Å². The van der Waals surface area contributed by atoms with Crippen LogP contribution in [0.25, 0.3) is 0 Å². The number of para-hydroxylation sites is 2. The number of hydrogen-bond acceptors (Lipinski definition) is 7. The zero-order valence-electron chi connectivity index (χ0n) is 18.4. The van der Waals surface area contributed by atoms with Crippen LogP contribution in [0.4, 0.5) is 11.6 Å². The molecule has 0 saturated heterocycles. The Labute approximate surface area is 186 Å². The lowest BCUT2D eigenvalue weighted by Crippen LogP contribution is -2.31. The molecule has 0 aliphatic carbocycles. The summed E-state index contributed by atoms with van der Waals surface area (Å²) in [7, 11) is 3.15. The Bertz CT molecular complexity index is 1170. The summed E-state index contributed by atoms with van der Waals surface area (Å²) in [6.07, 6.45) is 1.45. The molecular formula is C23H25N5O4. The van der Waals surface area contributed by atoms with Crippen molar-refractivity contribution in [3.8, 4) is 17.2 Å². The number of nitrogens with zero attached hydrogens (tertiary/aromatic N) is 3. The lowest BCUT2D eigenvalue weighted by Gasteiger charge is -2.29. The van der Waals surface area contributed by atoms with Gasteiger partial charge in [0.15, 0.2) is 11.5 Å². The third-order valence-corrected chi connectivity index (χ3v) is 5.20. The van der Waals surface area contributed by atoms with Gasteiger partial charge >= 0.3 is 0 Å². The first-order valence-corrected chi connectivity index (χ1v) is 10.2. The highest BCUT2D eigenvalue weighted by Gasteiger charge is 2.34. The number of carbonyl (C=O) groups is 1. The number of nitrogens with one attached hydrogen (secondary N) is 2. The summed E-state index contributed by atoms with van der Waals surface area (Å²) in [5.41, 5.74) is 2.58. The molecule has 1 aromatic heterocycles. The largest absolute Gasteiger partial charge is 0.493 e. The number of aromatic nitrogens is 3. The van der Waals surface area contributed by atoms with E-state index in [4.69, 9.17) is 14.2 Å². The Morgan fingerprint density at radius 2 is 1.91 bits per heavy atom. The van der Waals surface area contributed by atoms with Gasteiger partial charge in [0, 0.05) is 5.70 Å². The zero-order valence-corrected chi connectivity index (χ0v) is 18.4. The van der Waals surface area contributed by atoms with E-state index in [1.807, 2.05) is 50.2 Å². The van der Waals surface area contributed by atoms with Crippen molar-refractivity contribution < 1.29 is 19.0 Å². The van der Waals surface area contributed by atoms with Crippen LogP contribution in [-0.4, -0.2) is 41.5 Å². The number of anilines is 2. The Hall–Kier alpha value is -4.01. The Balaban J connectivity index is 1.77. The number of amides is 1. The van der Waals surface area contributed by atoms with Crippen molar-refractivity contribution in [2.45, 2.75) is 19.9 Å². The van der Waals surface area contributed by atoms with Crippen LogP contribution in [0.15, 0.2) is 60.1 Å². The number of carbonyl (C=O) groups excluding carboxylic acids is 1. The van der Waals surface area contributed by atoms with Gasteiger partial charge < -0.3 is 24.8 Å². The maximum Gasteiger partial charge on any atom is 0.255 e. The number of methoxy groups -OCH3 is 2. The van der Waals surface area contributed by atoms with Gasteiger partial charge in [-0.3, -0.25) is 4.79 Å². The molecule has 0 bridgehead atoms. The van der Waals surface area contributed by atoms with Crippen molar-refractivity contribution in [1.29, 1.82) is 0 Å². The SMILES string of the molecule is CCOc1ccccc1NC(=O)C1=C(C)Nc2ncnn2[C@@H]1c1ccc(OC)c(OC)c1. The summed E-state index contributed by atoms with van der Waals surface area (Å²) >= 11 is 0. The molecule has 32 heavy (non-hydrogen) atoms. The van der Waals surface area contributed by atoms with Crippen molar-refractivity contribution in [3.05, 3.63) is 65.6 Å². The highest BCUT2D eigenvalue weighted by Crippen LogP contribution is 2.39. The molecule has 0 unspecified atom stereocenters. The average molecular weight is 435 g/mol. The highest BCUT2D eigenvalue weighted by molar-refractivity contribution is 6.06. The van der Waals surface area contributed by atoms with Gasteiger partial charge in [-0.1, -0.05) is 18.2 Å². The van der Waals surface area contributed by atoms with Crippen LogP contribution in [0.1, 0.15) is 25.5 Å². The maximum atomic E-state index is 13.5. The summed E-state index contributed by atoms with van der Waals surface area (Å²) < 4.78 is 18.2. The molecule has 1 amide bonds. The van der Waals surface area contributed by atoms with Crippen molar-refractivity contribution in [2.24, 2.45) is 0 Å². The number of hydrogen-bond donors (Lipinski definition) is 2. The normalized spacial score (nSPS) is 14.9. The quantitative estimate of drug-likeness (QED) is 0.585. The minimum Gasteiger partial charge on any atom is -0.493 e. The van der Waals surface area contributed by atoms with Crippen LogP contribution in [-0.2, 0) is 4.79 Å². The van der Waals surface area contributed by atoms with Gasteiger partial charge in [0.05, 0.1) is 32.1 Å². The van der Waals surface area contributed by atoms with E-state index in [9.17, 15) is 4.79 Å². The second kappa shape index (κ2) is 9.01. The number of fused-ring (bicyclic) bond motifs is 1. The number of rotatable bonds is 7. The Morgan fingerprint density at radius 1 is 1.12 bits per heavy atom. The van der Waals surface area contributed by atoms with Crippen LogP contribution < -0.4 is 24.8 Å². The van der Waals surface area contributed by atoms with E-state index in [0.717, 1.165) is 5.56 Å². The van der Waals surface area contributed by atoms with Crippen molar-refractivity contribution in [3.63, 3.8) is 0 Å². The van der Waals surface area contributed by atoms with E-state index >= 15 is 0 Å². The van der Waals surface area contributed by atoms with Crippen LogP contribution in [0.5, 0.6) is 17.2 Å². The van der Waals surface area contributed by atoms with Crippen LogP contribution >= 0.6 is 0 Å². The van der Waals surface area contributed by atoms with Gasteiger partial charge in [-0.25, -0.2) is 4.68 Å². The number of allylic oxidation sites excluding steroid dienone is 1. The first kappa shape index (κ1) is 21.2. The fourth-order valence-corrected chi connectivity index (χ4v) is 3.76. The van der Waals surface area contributed by atoms with Crippen molar-refractivity contribution in [2.75, 3.05) is 31.5 Å². The molecule has 0 fully saturated rings. The van der Waals surface area contributed by atoms with E-state index in [1.165, 1.54) is 6.33 Å². The molecule has 0 spiro atoms. The highest BCUT2D eigenvalue weighted by atomic mass is 16.5. The lowest BCUT2D eigenvalue weighted by atomic mass is 9.94. The molecule has 9 heteroatoms. The minimum absolute atomic E-state index is 0.275. The summed E-state index contributed by atoms with van der Waals surface area (Å²) in [4.78, 5) is 17.8. The fraction of sp³-hybridized carbons (Fsp3) is 0.261. The molecular weight excluding hydrogens is 410 g/mol. The monoisotopic (exact) mass is 435 g/mol. The first-order chi connectivity index (χ1) is 15.6. The predicted octanol–water partition coefficient (Wildman–Crippen LogP) is 3.62. The Kier molecular flexibility index (Phi) is 5.98. The lowest BCUT2D eigenvalue weighted by molar-refractivity contribution is -0.113. The van der Waals surface area contributed by atoms with Gasteiger partial charge in [-0.2, -0.15) is 10.1 Å². The second-order valence-corrected chi connectivity index (χ2v) is 7.09. The molecule has 2 heterocycles. The van der Waals surface area contributed by atoms with Crippen LogP contribution in [0.2, 0.25) is 0 Å². The fourth-order valence-electron chi connectivity index (χ4n) is 3.76. The molecule has 1 aliphatic rings. The summed E-state index contributed by atoms with van der Waals surface area (Å²) in [6.45, 7) is 4.23. The van der Waals surface area contributed by atoms with Gasteiger partial charge in [0.2, 0.25) is 5.95 Å². The molecule has 4 rings (SSSR count). The Morgan fingerprint density at radius 3 is 2.66 bits per heavy atom. The molecule has 3 aromatic rings.